The standard InChI is InChI=1S/C14H24N4/c1-4-18(5-2)11-10-17(3)13-9-7-6-8-12(13)14(15)16/h6-9H,4-5,10-11H2,1-3H3,(H3,15,16). The molecule has 0 heterocycles. The summed E-state index contributed by atoms with van der Waals surface area (Å²) in [7, 11) is 2.05. The van der Waals surface area contributed by atoms with Crippen LogP contribution in [-0.4, -0.2) is 44.0 Å². The zero-order chi connectivity index (χ0) is 13.5. The van der Waals surface area contributed by atoms with Crippen molar-refractivity contribution < 1.29 is 0 Å². The Kier molecular flexibility index (Phi) is 5.65. The molecule has 0 aromatic heterocycles. The third-order valence-electron chi connectivity index (χ3n) is 3.25. The van der Waals surface area contributed by atoms with Crippen molar-refractivity contribution in [3.63, 3.8) is 0 Å². The minimum atomic E-state index is 0.125. The van der Waals surface area contributed by atoms with Gasteiger partial charge in [0.2, 0.25) is 0 Å². The molecule has 0 fully saturated rings. The number of likely N-dealkylation sites (N-methyl/N-ethyl adjacent to an activating group) is 2. The van der Waals surface area contributed by atoms with Gasteiger partial charge in [-0.2, -0.15) is 0 Å². The van der Waals surface area contributed by atoms with Crippen LogP contribution in [0.1, 0.15) is 19.4 Å². The molecule has 1 aromatic carbocycles. The van der Waals surface area contributed by atoms with Crippen LogP contribution in [0.3, 0.4) is 0 Å². The van der Waals surface area contributed by atoms with Crippen LogP contribution in [0, 0.1) is 5.41 Å². The molecule has 3 N–H and O–H groups in total. The van der Waals surface area contributed by atoms with Gasteiger partial charge in [0.25, 0.3) is 0 Å². The number of hydrogen-bond acceptors (Lipinski definition) is 3. The van der Waals surface area contributed by atoms with Crippen molar-refractivity contribution in [1.29, 1.82) is 5.41 Å². The number of nitrogens with one attached hydrogen (secondary N) is 1. The SMILES string of the molecule is CCN(CC)CCN(C)c1ccccc1C(=N)N. The zero-order valence-electron chi connectivity index (χ0n) is 11.6. The van der Waals surface area contributed by atoms with Crippen molar-refractivity contribution in [3.8, 4) is 0 Å². The van der Waals surface area contributed by atoms with Crippen molar-refractivity contribution in [2.24, 2.45) is 5.73 Å². The van der Waals surface area contributed by atoms with E-state index in [9.17, 15) is 0 Å². The Morgan fingerprint density at radius 3 is 2.33 bits per heavy atom. The zero-order valence-corrected chi connectivity index (χ0v) is 11.6. The third kappa shape index (κ3) is 3.74. The van der Waals surface area contributed by atoms with Crippen molar-refractivity contribution in [2.45, 2.75) is 13.8 Å². The number of para-hydroxylation sites is 1. The number of amidine groups is 1. The molecule has 0 aliphatic carbocycles. The van der Waals surface area contributed by atoms with Crippen LogP contribution in [0.15, 0.2) is 24.3 Å². The minimum absolute atomic E-state index is 0.125. The molecule has 0 spiro atoms. The smallest absolute Gasteiger partial charge is 0.124 e. The second-order valence-electron chi connectivity index (χ2n) is 4.38. The average molecular weight is 248 g/mol. The summed E-state index contributed by atoms with van der Waals surface area (Å²) in [5.41, 5.74) is 7.44. The van der Waals surface area contributed by atoms with E-state index in [1.807, 2.05) is 31.3 Å². The van der Waals surface area contributed by atoms with E-state index in [1.165, 1.54) is 0 Å². The van der Waals surface area contributed by atoms with Crippen LogP contribution in [0.25, 0.3) is 0 Å². The van der Waals surface area contributed by atoms with Gasteiger partial charge in [-0.1, -0.05) is 26.0 Å². The summed E-state index contributed by atoms with van der Waals surface area (Å²) < 4.78 is 0. The van der Waals surface area contributed by atoms with Crippen molar-refractivity contribution in [2.75, 3.05) is 38.1 Å². The van der Waals surface area contributed by atoms with Crippen LogP contribution in [-0.2, 0) is 0 Å². The van der Waals surface area contributed by atoms with E-state index in [-0.39, 0.29) is 5.84 Å². The van der Waals surface area contributed by atoms with Gasteiger partial charge in [0, 0.05) is 31.4 Å². The summed E-state index contributed by atoms with van der Waals surface area (Å²) in [4.78, 5) is 4.54. The molecule has 0 saturated heterocycles. The number of nitrogens with zero attached hydrogens (tertiary/aromatic N) is 2. The third-order valence-corrected chi connectivity index (χ3v) is 3.25. The highest BCUT2D eigenvalue weighted by Crippen LogP contribution is 2.18. The Bertz CT molecular complexity index is 385. The fourth-order valence-corrected chi connectivity index (χ4v) is 1.99. The fourth-order valence-electron chi connectivity index (χ4n) is 1.99. The Morgan fingerprint density at radius 1 is 1.17 bits per heavy atom. The van der Waals surface area contributed by atoms with Crippen molar-refractivity contribution in [3.05, 3.63) is 29.8 Å². The van der Waals surface area contributed by atoms with E-state index in [1.54, 1.807) is 0 Å². The maximum absolute atomic E-state index is 7.60. The Morgan fingerprint density at radius 2 is 1.78 bits per heavy atom. The molecule has 4 nitrogen and oxygen atoms in total. The van der Waals surface area contributed by atoms with Gasteiger partial charge in [-0.25, -0.2) is 0 Å². The van der Waals surface area contributed by atoms with E-state index >= 15 is 0 Å². The summed E-state index contributed by atoms with van der Waals surface area (Å²) in [6.45, 7) is 8.44. The van der Waals surface area contributed by atoms with Crippen LogP contribution in [0.4, 0.5) is 5.69 Å². The van der Waals surface area contributed by atoms with E-state index in [0.717, 1.165) is 37.4 Å². The maximum atomic E-state index is 7.60. The van der Waals surface area contributed by atoms with E-state index < -0.39 is 0 Å². The lowest BCUT2D eigenvalue weighted by molar-refractivity contribution is 0.311. The van der Waals surface area contributed by atoms with Gasteiger partial charge in [0.15, 0.2) is 0 Å². The number of nitrogen functional groups attached to an aromatic ring is 1. The maximum Gasteiger partial charge on any atom is 0.124 e. The van der Waals surface area contributed by atoms with E-state index in [4.69, 9.17) is 11.1 Å². The first kappa shape index (κ1) is 14.5. The predicted molar refractivity (Wildman–Crippen MR) is 78.5 cm³/mol. The predicted octanol–water partition coefficient (Wildman–Crippen LogP) is 1.75. The number of rotatable bonds is 7. The van der Waals surface area contributed by atoms with Crippen molar-refractivity contribution in [1.82, 2.24) is 4.90 Å². The molecule has 0 saturated carbocycles. The fraction of sp³-hybridized carbons (Fsp3) is 0.500. The van der Waals surface area contributed by atoms with Crippen LogP contribution in [0.5, 0.6) is 0 Å². The normalized spacial score (nSPS) is 10.7. The first-order valence-corrected chi connectivity index (χ1v) is 6.47. The lowest BCUT2D eigenvalue weighted by atomic mass is 10.1. The molecule has 0 bridgehead atoms. The topological polar surface area (TPSA) is 56.4 Å². The van der Waals surface area contributed by atoms with Gasteiger partial charge < -0.3 is 15.5 Å². The minimum Gasteiger partial charge on any atom is -0.384 e. The molecule has 0 amide bonds. The van der Waals surface area contributed by atoms with Gasteiger partial charge in [0.05, 0.1) is 0 Å². The van der Waals surface area contributed by atoms with Crippen LogP contribution < -0.4 is 10.6 Å². The highest BCUT2D eigenvalue weighted by Gasteiger charge is 2.09. The molecular formula is C14H24N4. The van der Waals surface area contributed by atoms with Gasteiger partial charge in [-0.3, -0.25) is 5.41 Å². The molecule has 0 atom stereocenters. The summed E-state index contributed by atoms with van der Waals surface area (Å²) in [5, 5.41) is 7.60. The number of anilines is 1. The number of hydrogen-bond donors (Lipinski definition) is 2. The molecule has 18 heavy (non-hydrogen) atoms. The molecular weight excluding hydrogens is 224 g/mol. The van der Waals surface area contributed by atoms with E-state index in [0.29, 0.717) is 0 Å². The van der Waals surface area contributed by atoms with E-state index in [2.05, 4.69) is 23.6 Å². The Labute approximate surface area is 110 Å². The van der Waals surface area contributed by atoms with Gasteiger partial charge in [-0.15, -0.1) is 0 Å². The first-order chi connectivity index (χ1) is 8.60. The average Bonchev–Trinajstić information content (AvgIpc) is 2.39. The Hall–Kier alpha value is -1.55. The highest BCUT2D eigenvalue weighted by molar-refractivity contribution is 6.00. The number of nitrogens with two attached hydrogens (primary N) is 1. The highest BCUT2D eigenvalue weighted by atomic mass is 15.2. The summed E-state index contributed by atoms with van der Waals surface area (Å²) >= 11 is 0. The monoisotopic (exact) mass is 248 g/mol. The van der Waals surface area contributed by atoms with Crippen LogP contribution in [0.2, 0.25) is 0 Å². The molecule has 1 aromatic rings. The molecule has 0 unspecified atom stereocenters. The molecule has 1 rings (SSSR count). The lowest BCUT2D eigenvalue weighted by Crippen LogP contribution is -2.33. The second-order valence-corrected chi connectivity index (χ2v) is 4.38. The van der Waals surface area contributed by atoms with Crippen molar-refractivity contribution >= 4 is 11.5 Å². The second kappa shape index (κ2) is 7.01. The molecule has 0 radical (unpaired) electrons. The molecule has 0 aliphatic heterocycles. The summed E-state index contributed by atoms with van der Waals surface area (Å²) in [6.07, 6.45) is 0. The lowest BCUT2D eigenvalue weighted by Gasteiger charge is -2.26. The molecule has 100 valence electrons. The first-order valence-electron chi connectivity index (χ1n) is 6.47. The molecule has 4 heteroatoms. The quantitative estimate of drug-likeness (QED) is 0.571. The van der Waals surface area contributed by atoms with Gasteiger partial charge in [0.1, 0.15) is 5.84 Å². The largest absolute Gasteiger partial charge is 0.384 e. The number of benzene rings is 1. The Balaban J connectivity index is 2.72. The molecule has 0 aliphatic rings. The summed E-state index contributed by atoms with van der Waals surface area (Å²) in [5.74, 6) is 0.125. The summed E-state index contributed by atoms with van der Waals surface area (Å²) in [6, 6.07) is 7.80. The van der Waals surface area contributed by atoms with Gasteiger partial charge in [-0.05, 0) is 25.2 Å². The van der Waals surface area contributed by atoms with Gasteiger partial charge >= 0.3 is 0 Å². The van der Waals surface area contributed by atoms with Crippen LogP contribution >= 0.6 is 0 Å².